The maximum Gasteiger partial charge on any atom is 0.249 e. The second kappa shape index (κ2) is 8.65. The van der Waals surface area contributed by atoms with E-state index in [1.54, 1.807) is 12.4 Å². The highest BCUT2D eigenvalue weighted by atomic mass is 15.3. The van der Waals surface area contributed by atoms with Crippen molar-refractivity contribution in [1.29, 1.82) is 0 Å². The highest BCUT2D eigenvalue weighted by molar-refractivity contribution is 5.59. The Labute approximate surface area is 165 Å². The van der Waals surface area contributed by atoms with Crippen LogP contribution >= 0.6 is 0 Å². The first-order valence-corrected chi connectivity index (χ1v) is 9.72. The van der Waals surface area contributed by atoms with E-state index in [0.29, 0.717) is 18.3 Å². The quantitative estimate of drug-likeness (QED) is 0.677. The number of piperidine rings is 1. The van der Waals surface area contributed by atoms with Crippen molar-refractivity contribution in [2.45, 2.75) is 26.3 Å². The lowest BCUT2D eigenvalue weighted by Gasteiger charge is -2.32. The molecular formula is C21H25N7. The molecule has 0 unspecified atom stereocenters. The van der Waals surface area contributed by atoms with Crippen LogP contribution in [-0.2, 0) is 6.54 Å². The van der Waals surface area contributed by atoms with Gasteiger partial charge in [0.05, 0.1) is 18.4 Å². The fourth-order valence-electron chi connectivity index (χ4n) is 3.28. The molecule has 1 saturated heterocycles. The largest absolute Gasteiger partial charge is 0.372 e. The monoisotopic (exact) mass is 375 g/mol. The lowest BCUT2D eigenvalue weighted by molar-refractivity contribution is 0.438. The summed E-state index contributed by atoms with van der Waals surface area (Å²) in [5.41, 5.74) is 3.15. The summed E-state index contributed by atoms with van der Waals surface area (Å²) in [6.07, 6.45) is 5.90. The van der Waals surface area contributed by atoms with Crippen LogP contribution in [-0.4, -0.2) is 33.3 Å². The van der Waals surface area contributed by atoms with Gasteiger partial charge in [0.15, 0.2) is 5.82 Å². The lowest BCUT2D eigenvalue weighted by Crippen LogP contribution is -2.32. The Morgan fingerprint density at radius 2 is 1.89 bits per heavy atom. The van der Waals surface area contributed by atoms with Gasteiger partial charge in [-0.1, -0.05) is 13.0 Å². The van der Waals surface area contributed by atoms with E-state index in [-0.39, 0.29) is 0 Å². The van der Waals surface area contributed by atoms with E-state index >= 15 is 0 Å². The Bertz CT molecular complexity index is 875. The molecular weight excluding hydrogens is 350 g/mol. The molecule has 7 nitrogen and oxygen atoms in total. The van der Waals surface area contributed by atoms with Crippen LogP contribution in [0.25, 0.3) is 0 Å². The second-order valence-corrected chi connectivity index (χ2v) is 7.18. The fourth-order valence-corrected chi connectivity index (χ4v) is 3.28. The molecule has 28 heavy (non-hydrogen) atoms. The van der Waals surface area contributed by atoms with Crippen molar-refractivity contribution in [3.63, 3.8) is 0 Å². The number of hydrogen-bond acceptors (Lipinski definition) is 7. The van der Waals surface area contributed by atoms with Gasteiger partial charge in [-0.25, -0.2) is 0 Å². The number of hydrogen-bond donors (Lipinski definition) is 2. The maximum absolute atomic E-state index is 4.47. The second-order valence-electron chi connectivity index (χ2n) is 7.18. The van der Waals surface area contributed by atoms with Gasteiger partial charge in [0.2, 0.25) is 5.95 Å². The summed E-state index contributed by atoms with van der Waals surface area (Å²) in [5, 5.41) is 14.5. The van der Waals surface area contributed by atoms with Crippen molar-refractivity contribution in [3.8, 4) is 0 Å². The molecule has 1 aliphatic heterocycles. The van der Waals surface area contributed by atoms with Gasteiger partial charge < -0.3 is 15.5 Å². The normalized spacial score (nSPS) is 14.7. The molecule has 2 N–H and O–H groups in total. The Hall–Kier alpha value is -3.22. The van der Waals surface area contributed by atoms with Gasteiger partial charge in [-0.05, 0) is 55.2 Å². The molecule has 2 aromatic heterocycles. The third kappa shape index (κ3) is 4.73. The third-order valence-electron chi connectivity index (χ3n) is 5.01. The molecule has 3 heterocycles. The van der Waals surface area contributed by atoms with E-state index in [9.17, 15) is 0 Å². The molecule has 1 fully saturated rings. The molecule has 1 aliphatic rings. The van der Waals surface area contributed by atoms with E-state index in [4.69, 9.17) is 0 Å². The lowest BCUT2D eigenvalue weighted by atomic mass is 9.99. The number of pyridine rings is 1. The molecule has 144 valence electrons. The van der Waals surface area contributed by atoms with Crippen molar-refractivity contribution < 1.29 is 0 Å². The Morgan fingerprint density at radius 3 is 2.64 bits per heavy atom. The molecule has 0 saturated carbocycles. The van der Waals surface area contributed by atoms with Gasteiger partial charge in [-0.15, -0.1) is 5.10 Å². The summed E-state index contributed by atoms with van der Waals surface area (Å²) in [7, 11) is 0. The maximum atomic E-state index is 4.47. The average Bonchev–Trinajstić information content (AvgIpc) is 2.75. The summed E-state index contributed by atoms with van der Waals surface area (Å²) in [4.78, 5) is 11.2. The first-order valence-electron chi connectivity index (χ1n) is 9.72. The van der Waals surface area contributed by atoms with E-state index in [0.717, 1.165) is 30.4 Å². The fraction of sp³-hybridized carbons (Fsp3) is 0.333. The van der Waals surface area contributed by atoms with Crippen LogP contribution in [0.4, 0.5) is 23.1 Å². The number of aromatic nitrogens is 4. The minimum absolute atomic E-state index is 0.463. The van der Waals surface area contributed by atoms with Gasteiger partial charge in [-0.2, -0.15) is 10.1 Å². The van der Waals surface area contributed by atoms with Crippen LogP contribution < -0.4 is 15.5 Å². The summed E-state index contributed by atoms with van der Waals surface area (Å²) in [5.74, 6) is 1.95. The topological polar surface area (TPSA) is 78.9 Å². The van der Waals surface area contributed by atoms with E-state index < -0.39 is 0 Å². The highest BCUT2D eigenvalue weighted by Gasteiger charge is 2.15. The minimum atomic E-state index is 0.463. The van der Waals surface area contributed by atoms with Crippen LogP contribution in [0, 0.1) is 5.92 Å². The molecule has 0 amide bonds. The summed E-state index contributed by atoms with van der Waals surface area (Å²) in [6, 6.07) is 14.2. The molecule has 0 aliphatic carbocycles. The van der Waals surface area contributed by atoms with E-state index in [1.165, 1.54) is 18.5 Å². The molecule has 0 bridgehead atoms. The minimum Gasteiger partial charge on any atom is -0.372 e. The van der Waals surface area contributed by atoms with Gasteiger partial charge in [0.1, 0.15) is 0 Å². The summed E-state index contributed by atoms with van der Waals surface area (Å²) < 4.78 is 0. The van der Waals surface area contributed by atoms with Crippen molar-refractivity contribution in [2.75, 3.05) is 28.6 Å². The molecule has 7 heteroatoms. The predicted octanol–water partition coefficient (Wildman–Crippen LogP) is 3.86. The van der Waals surface area contributed by atoms with Gasteiger partial charge in [0, 0.05) is 30.7 Å². The van der Waals surface area contributed by atoms with Crippen LogP contribution in [0.1, 0.15) is 25.5 Å². The van der Waals surface area contributed by atoms with Crippen LogP contribution in [0.2, 0.25) is 0 Å². The van der Waals surface area contributed by atoms with Crippen molar-refractivity contribution in [2.24, 2.45) is 5.92 Å². The van der Waals surface area contributed by atoms with E-state index in [2.05, 4.69) is 66.9 Å². The SMILES string of the molecule is CC1CCN(c2ccc(Nc3nncc(NCc4ccccn4)n3)cc2)CC1. The number of nitrogens with one attached hydrogen (secondary N) is 2. The van der Waals surface area contributed by atoms with Gasteiger partial charge in [0.25, 0.3) is 0 Å². The van der Waals surface area contributed by atoms with Gasteiger partial charge in [-0.3, -0.25) is 4.98 Å². The van der Waals surface area contributed by atoms with Crippen molar-refractivity contribution in [3.05, 3.63) is 60.6 Å². The summed E-state index contributed by atoms with van der Waals surface area (Å²) in [6.45, 7) is 5.18. The molecule has 0 spiro atoms. The Balaban J connectivity index is 1.36. The van der Waals surface area contributed by atoms with Crippen LogP contribution in [0.3, 0.4) is 0 Å². The average molecular weight is 375 g/mol. The molecule has 4 rings (SSSR count). The summed E-state index contributed by atoms with van der Waals surface area (Å²) >= 11 is 0. The standard InChI is InChI=1S/C21H25N7/c1-16-9-12-28(13-10-16)19-7-5-17(6-8-19)25-21-26-20(15-24-27-21)23-14-18-4-2-3-11-22-18/h2-8,11,15-16H,9-10,12-14H2,1H3,(H2,23,25,26,27). The van der Waals surface area contributed by atoms with E-state index in [1.807, 2.05) is 18.2 Å². The number of benzene rings is 1. The zero-order valence-electron chi connectivity index (χ0n) is 16.0. The van der Waals surface area contributed by atoms with Gasteiger partial charge >= 0.3 is 0 Å². The third-order valence-corrected chi connectivity index (χ3v) is 5.01. The zero-order chi connectivity index (χ0) is 19.2. The Morgan fingerprint density at radius 1 is 1.07 bits per heavy atom. The highest BCUT2D eigenvalue weighted by Crippen LogP contribution is 2.25. The number of nitrogens with zero attached hydrogens (tertiary/aromatic N) is 5. The molecule has 0 atom stereocenters. The molecule has 3 aromatic rings. The first-order chi connectivity index (χ1) is 13.8. The smallest absolute Gasteiger partial charge is 0.249 e. The molecule has 1 aromatic carbocycles. The number of rotatable bonds is 6. The number of anilines is 4. The predicted molar refractivity (Wildman–Crippen MR) is 112 cm³/mol. The Kier molecular flexibility index (Phi) is 5.61. The zero-order valence-corrected chi connectivity index (χ0v) is 16.0. The van der Waals surface area contributed by atoms with Crippen LogP contribution in [0.15, 0.2) is 54.9 Å². The van der Waals surface area contributed by atoms with Crippen LogP contribution in [0.5, 0.6) is 0 Å². The van der Waals surface area contributed by atoms with Crippen molar-refractivity contribution >= 4 is 23.1 Å². The van der Waals surface area contributed by atoms with Crippen molar-refractivity contribution in [1.82, 2.24) is 20.2 Å². The molecule has 0 radical (unpaired) electrons. The first kappa shape index (κ1) is 18.2.